The van der Waals surface area contributed by atoms with Gasteiger partial charge >= 0.3 is 0 Å². The molecule has 0 spiro atoms. The van der Waals surface area contributed by atoms with Gasteiger partial charge in [0.15, 0.2) is 0 Å². The second kappa shape index (κ2) is 5.45. The van der Waals surface area contributed by atoms with Gasteiger partial charge in [-0.25, -0.2) is 0 Å². The minimum absolute atomic E-state index is 0.0544. The SMILES string of the molecule is CCC=Cc1c(C)ccc2oc3c(C)c(C)ccc3c(=O)c12. The molecule has 2 nitrogen and oxygen atoms in total. The van der Waals surface area contributed by atoms with Crippen LogP contribution in [0.2, 0.25) is 0 Å². The van der Waals surface area contributed by atoms with E-state index in [2.05, 4.69) is 13.0 Å². The third-order valence-electron chi connectivity index (χ3n) is 4.31. The van der Waals surface area contributed by atoms with Crippen molar-refractivity contribution in [2.24, 2.45) is 0 Å². The second-order valence-electron chi connectivity index (χ2n) is 5.80. The Balaban J connectivity index is 2.52. The molecule has 0 unspecified atom stereocenters. The molecule has 0 aliphatic carbocycles. The first kappa shape index (κ1) is 14.6. The Morgan fingerprint density at radius 3 is 2.50 bits per heavy atom. The largest absolute Gasteiger partial charge is 0.456 e. The Hall–Kier alpha value is -2.35. The fourth-order valence-electron chi connectivity index (χ4n) is 2.82. The summed E-state index contributed by atoms with van der Waals surface area (Å²) in [5.41, 5.74) is 5.63. The predicted molar refractivity (Wildman–Crippen MR) is 93.5 cm³/mol. The molecular formula is C20H20O2. The van der Waals surface area contributed by atoms with Gasteiger partial charge < -0.3 is 4.42 Å². The highest BCUT2D eigenvalue weighted by Gasteiger charge is 2.14. The highest BCUT2D eigenvalue weighted by atomic mass is 16.3. The van der Waals surface area contributed by atoms with Crippen molar-refractivity contribution in [3.05, 3.63) is 62.8 Å². The van der Waals surface area contributed by atoms with Crippen molar-refractivity contribution in [2.75, 3.05) is 0 Å². The lowest BCUT2D eigenvalue weighted by atomic mass is 9.99. The topological polar surface area (TPSA) is 30.2 Å². The quantitative estimate of drug-likeness (QED) is 0.600. The summed E-state index contributed by atoms with van der Waals surface area (Å²) in [6.07, 6.45) is 5.04. The van der Waals surface area contributed by atoms with Crippen LogP contribution in [0, 0.1) is 20.8 Å². The molecule has 0 aliphatic rings. The maximum atomic E-state index is 13.0. The van der Waals surface area contributed by atoms with Gasteiger partial charge in [0.05, 0.1) is 10.8 Å². The molecule has 112 valence electrons. The normalized spacial score (nSPS) is 11.8. The smallest absolute Gasteiger partial charge is 0.201 e. The molecule has 0 radical (unpaired) electrons. The lowest BCUT2D eigenvalue weighted by molar-refractivity contribution is 0.656. The lowest BCUT2D eigenvalue weighted by Gasteiger charge is -2.09. The zero-order chi connectivity index (χ0) is 15.9. The van der Waals surface area contributed by atoms with Crippen LogP contribution in [0.5, 0.6) is 0 Å². The van der Waals surface area contributed by atoms with Crippen LogP contribution in [0.4, 0.5) is 0 Å². The zero-order valence-corrected chi connectivity index (χ0v) is 13.5. The third kappa shape index (κ3) is 2.16. The van der Waals surface area contributed by atoms with Crippen molar-refractivity contribution in [1.82, 2.24) is 0 Å². The highest BCUT2D eigenvalue weighted by Crippen LogP contribution is 2.27. The maximum Gasteiger partial charge on any atom is 0.201 e. The number of hydrogen-bond acceptors (Lipinski definition) is 2. The van der Waals surface area contributed by atoms with Crippen molar-refractivity contribution >= 4 is 28.0 Å². The van der Waals surface area contributed by atoms with Crippen LogP contribution in [-0.4, -0.2) is 0 Å². The summed E-state index contributed by atoms with van der Waals surface area (Å²) in [4.78, 5) is 13.0. The molecule has 1 heterocycles. The molecule has 3 rings (SSSR count). The fraction of sp³-hybridized carbons (Fsp3) is 0.250. The average molecular weight is 292 g/mol. The molecule has 0 bridgehead atoms. The second-order valence-corrected chi connectivity index (χ2v) is 5.80. The van der Waals surface area contributed by atoms with E-state index in [1.54, 1.807) is 0 Å². The molecule has 2 aromatic carbocycles. The van der Waals surface area contributed by atoms with Gasteiger partial charge in [0.25, 0.3) is 0 Å². The molecule has 0 fully saturated rings. The summed E-state index contributed by atoms with van der Waals surface area (Å²) in [7, 11) is 0. The molecule has 0 saturated heterocycles. The van der Waals surface area contributed by atoms with Crippen LogP contribution >= 0.6 is 0 Å². The number of hydrogen-bond donors (Lipinski definition) is 0. The first-order valence-electron chi connectivity index (χ1n) is 7.67. The van der Waals surface area contributed by atoms with Gasteiger partial charge in [-0.1, -0.05) is 31.2 Å². The maximum absolute atomic E-state index is 13.0. The van der Waals surface area contributed by atoms with Crippen molar-refractivity contribution in [2.45, 2.75) is 34.1 Å². The van der Waals surface area contributed by atoms with Crippen LogP contribution in [0.15, 0.2) is 39.6 Å². The zero-order valence-electron chi connectivity index (χ0n) is 13.5. The van der Waals surface area contributed by atoms with E-state index in [1.807, 2.05) is 51.1 Å². The van der Waals surface area contributed by atoms with Crippen LogP contribution < -0.4 is 5.43 Å². The van der Waals surface area contributed by atoms with E-state index in [0.717, 1.165) is 28.7 Å². The Morgan fingerprint density at radius 1 is 1.05 bits per heavy atom. The van der Waals surface area contributed by atoms with E-state index in [1.165, 1.54) is 0 Å². The number of aryl methyl sites for hydroxylation is 3. The van der Waals surface area contributed by atoms with Crippen LogP contribution in [0.25, 0.3) is 28.0 Å². The molecule has 0 aliphatic heterocycles. The number of fused-ring (bicyclic) bond motifs is 2. The summed E-state index contributed by atoms with van der Waals surface area (Å²) in [5, 5.41) is 1.34. The Kier molecular flexibility index (Phi) is 3.61. The van der Waals surface area contributed by atoms with Gasteiger partial charge in [-0.05, 0) is 61.6 Å². The molecule has 2 heteroatoms. The first-order valence-corrected chi connectivity index (χ1v) is 7.67. The Bertz CT molecular complexity index is 959. The lowest BCUT2D eigenvalue weighted by Crippen LogP contribution is -2.06. The molecule has 0 N–H and O–H groups in total. The minimum atomic E-state index is 0.0544. The van der Waals surface area contributed by atoms with Crippen molar-refractivity contribution in [1.29, 1.82) is 0 Å². The van der Waals surface area contributed by atoms with E-state index < -0.39 is 0 Å². The molecule has 0 amide bonds. The average Bonchev–Trinajstić information content (AvgIpc) is 2.51. The number of rotatable bonds is 2. The monoisotopic (exact) mass is 292 g/mol. The third-order valence-corrected chi connectivity index (χ3v) is 4.31. The number of benzene rings is 2. The summed E-state index contributed by atoms with van der Waals surface area (Å²) in [6.45, 7) is 8.14. The van der Waals surface area contributed by atoms with Crippen LogP contribution in [0.3, 0.4) is 0 Å². The molecule has 22 heavy (non-hydrogen) atoms. The van der Waals surface area contributed by atoms with Crippen LogP contribution in [0.1, 0.15) is 35.6 Å². The minimum Gasteiger partial charge on any atom is -0.456 e. The van der Waals surface area contributed by atoms with Gasteiger partial charge in [-0.3, -0.25) is 4.79 Å². The molecule has 1 aromatic heterocycles. The van der Waals surface area contributed by atoms with Crippen molar-refractivity contribution in [3.63, 3.8) is 0 Å². The van der Waals surface area contributed by atoms with E-state index in [4.69, 9.17) is 4.42 Å². The Labute approximate surface area is 130 Å². The van der Waals surface area contributed by atoms with Gasteiger partial charge in [-0.15, -0.1) is 0 Å². The van der Waals surface area contributed by atoms with E-state index in [0.29, 0.717) is 21.9 Å². The van der Waals surface area contributed by atoms with E-state index >= 15 is 0 Å². The van der Waals surface area contributed by atoms with Crippen LogP contribution in [-0.2, 0) is 0 Å². The molecule has 0 saturated carbocycles. The highest BCUT2D eigenvalue weighted by molar-refractivity contribution is 5.96. The van der Waals surface area contributed by atoms with E-state index in [-0.39, 0.29) is 5.43 Å². The molecular weight excluding hydrogens is 272 g/mol. The summed E-state index contributed by atoms with van der Waals surface area (Å²) in [6, 6.07) is 7.77. The van der Waals surface area contributed by atoms with Crippen molar-refractivity contribution in [3.8, 4) is 0 Å². The molecule has 0 atom stereocenters. The predicted octanol–water partition coefficient (Wildman–Crippen LogP) is 5.29. The first-order chi connectivity index (χ1) is 10.5. The van der Waals surface area contributed by atoms with Crippen molar-refractivity contribution < 1.29 is 4.42 Å². The Morgan fingerprint density at radius 2 is 1.77 bits per heavy atom. The van der Waals surface area contributed by atoms with Gasteiger partial charge in [0.1, 0.15) is 11.2 Å². The molecule has 3 aromatic rings. The summed E-state index contributed by atoms with van der Waals surface area (Å²) < 4.78 is 6.08. The van der Waals surface area contributed by atoms with Gasteiger partial charge in [-0.2, -0.15) is 0 Å². The summed E-state index contributed by atoms with van der Waals surface area (Å²) in [5.74, 6) is 0. The van der Waals surface area contributed by atoms with E-state index in [9.17, 15) is 4.79 Å². The fourth-order valence-corrected chi connectivity index (χ4v) is 2.82. The summed E-state index contributed by atoms with van der Waals surface area (Å²) >= 11 is 0. The number of allylic oxidation sites excluding steroid dienone is 1. The van der Waals surface area contributed by atoms with Gasteiger partial charge in [0.2, 0.25) is 5.43 Å². The standard InChI is InChI=1S/C20H20O2/c1-5-6-7-15-13(3)9-11-17-18(15)19(21)16-10-8-12(2)14(4)20(16)22-17/h6-11H,5H2,1-4H3. The van der Waals surface area contributed by atoms with Gasteiger partial charge in [0, 0.05) is 0 Å².